The van der Waals surface area contributed by atoms with Gasteiger partial charge in [-0.25, -0.2) is 0 Å². The Kier molecular flexibility index (Phi) is 3.73. The Morgan fingerprint density at radius 1 is 1.25 bits per heavy atom. The minimum atomic E-state index is 0.280. The van der Waals surface area contributed by atoms with Crippen LogP contribution in [0.5, 0.6) is 0 Å². The fourth-order valence-corrected chi connectivity index (χ4v) is 2.20. The molecular formula is C14H19NO. The molecule has 2 heteroatoms. The number of hydrogen-bond donors (Lipinski definition) is 1. The number of carbonyl (C=O) groups excluding carboxylic acids is 1. The van der Waals surface area contributed by atoms with Gasteiger partial charge in [-0.1, -0.05) is 29.8 Å². The Morgan fingerprint density at radius 2 is 1.88 bits per heavy atom. The first-order valence-corrected chi connectivity index (χ1v) is 6.04. The Balaban J connectivity index is 1.93. The molecule has 1 heterocycles. The van der Waals surface area contributed by atoms with E-state index >= 15 is 0 Å². The van der Waals surface area contributed by atoms with Crippen molar-refractivity contribution in [1.82, 2.24) is 5.32 Å². The van der Waals surface area contributed by atoms with Crippen LogP contribution in [0.25, 0.3) is 0 Å². The molecule has 0 amide bonds. The number of ketones is 1. The minimum Gasteiger partial charge on any atom is -0.317 e. The van der Waals surface area contributed by atoms with Crippen molar-refractivity contribution in [2.75, 3.05) is 13.1 Å². The lowest BCUT2D eigenvalue weighted by molar-refractivity contribution is -0.122. The van der Waals surface area contributed by atoms with E-state index in [-0.39, 0.29) is 5.92 Å². The fraction of sp³-hybridized carbons (Fsp3) is 0.500. The van der Waals surface area contributed by atoms with Crippen molar-refractivity contribution in [3.63, 3.8) is 0 Å². The smallest absolute Gasteiger partial charge is 0.140 e. The average Bonchev–Trinajstić information content (AvgIpc) is 2.33. The number of benzene rings is 1. The summed E-state index contributed by atoms with van der Waals surface area (Å²) in [6.07, 6.45) is 2.61. The molecule has 2 rings (SSSR count). The van der Waals surface area contributed by atoms with Crippen LogP contribution in [0, 0.1) is 12.8 Å². The number of aryl methyl sites for hydroxylation is 1. The second-order valence-electron chi connectivity index (χ2n) is 4.65. The Labute approximate surface area is 97.1 Å². The van der Waals surface area contributed by atoms with Gasteiger partial charge in [0, 0.05) is 12.3 Å². The number of rotatable bonds is 3. The predicted molar refractivity (Wildman–Crippen MR) is 65.5 cm³/mol. The highest BCUT2D eigenvalue weighted by molar-refractivity contribution is 5.83. The van der Waals surface area contributed by atoms with Crippen molar-refractivity contribution >= 4 is 5.78 Å². The molecule has 1 aromatic carbocycles. The van der Waals surface area contributed by atoms with Crippen molar-refractivity contribution < 1.29 is 4.79 Å². The van der Waals surface area contributed by atoms with Gasteiger partial charge in [0.25, 0.3) is 0 Å². The SMILES string of the molecule is Cc1ccc(CC(=O)C2CCNCC2)cc1. The van der Waals surface area contributed by atoms with Crippen LogP contribution >= 0.6 is 0 Å². The predicted octanol–water partition coefficient (Wildman–Crippen LogP) is 2.11. The third kappa shape index (κ3) is 2.92. The zero-order valence-corrected chi connectivity index (χ0v) is 9.83. The van der Waals surface area contributed by atoms with Gasteiger partial charge < -0.3 is 5.32 Å². The summed E-state index contributed by atoms with van der Waals surface area (Å²) in [6, 6.07) is 8.28. The third-order valence-corrected chi connectivity index (χ3v) is 3.29. The molecule has 1 aliphatic rings. The van der Waals surface area contributed by atoms with Gasteiger partial charge in [-0.2, -0.15) is 0 Å². The van der Waals surface area contributed by atoms with E-state index in [1.165, 1.54) is 5.56 Å². The lowest BCUT2D eigenvalue weighted by Gasteiger charge is -2.21. The zero-order valence-electron chi connectivity index (χ0n) is 9.83. The summed E-state index contributed by atoms with van der Waals surface area (Å²) in [5, 5.41) is 3.29. The van der Waals surface area contributed by atoms with Gasteiger partial charge in [0.05, 0.1) is 0 Å². The monoisotopic (exact) mass is 217 g/mol. The molecule has 1 aliphatic heterocycles. The number of Topliss-reactive ketones (excluding diaryl/α,β-unsaturated/α-hetero) is 1. The lowest BCUT2D eigenvalue weighted by atomic mass is 9.90. The van der Waals surface area contributed by atoms with Gasteiger partial charge in [-0.15, -0.1) is 0 Å². The van der Waals surface area contributed by atoms with Crippen molar-refractivity contribution in [3.8, 4) is 0 Å². The molecule has 1 N–H and O–H groups in total. The number of hydrogen-bond acceptors (Lipinski definition) is 2. The molecule has 86 valence electrons. The largest absolute Gasteiger partial charge is 0.317 e. The molecule has 0 radical (unpaired) electrons. The highest BCUT2D eigenvalue weighted by atomic mass is 16.1. The molecule has 0 atom stereocenters. The molecule has 1 aromatic rings. The van der Waals surface area contributed by atoms with Crippen LogP contribution in [0.15, 0.2) is 24.3 Å². The number of carbonyl (C=O) groups is 1. The first-order valence-electron chi connectivity index (χ1n) is 6.04. The van der Waals surface area contributed by atoms with Crippen LogP contribution in [0.3, 0.4) is 0 Å². The van der Waals surface area contributed by atoms with Gasteiger partial charge in [0.15, 0.2) is 0 Å². The lowest BCUT2D eigenvalue weighted by Crippen LogP contribution is -2.32. The van der Waals surface area contributed by atoms with E-state index in [1.807, 2.05) is 0 Å². The number of nitrogens with one attached hydrogen (secondary N) is 1. The van der Waals surface area contributed by atoms with Crippen LogP contribution in [0.4, 0.5) is 0 Å². The van der Waals surface area contributed by atoms with E-state index in [0.29, 0.717) is 12.2 Å². The molecule has 0 unspecified atom stereocenters. The Morgan fingerprint density at radius 3 is 2.50 bits per heavy atom. The molecule has 1 fully saturated rings. The number of piperidine rings is 1. The summed E-state index contributed by atoms with van der Waals surface area (Å²) < 4.78 is 0. The molecule has 0 bridgehead atoms. The molecule has 1 saturated heterocycles. The fourth-order valence-electron chi connectivity index (χ4n) is 2.20. The first kappa shape index (κ1) is 11.3. The molecule has 0 saturated carbocycles. The maximum absolute atomic E-state index is 12.0. The molecule has 16 heavy (non-hydrogen) atoms. The summed E-state index contributed by atoms with van der Waals surface area (Å²) >= 11 is 0. The van der Waals surface area contributed by atoms with Crippen molar-refractivity contribution in [2.24, 2.45) is 5.92 Å². The average molecular weight is 217 g/mol. The van der Waals surface area contributed by atoms with Crippen molar-refractivity contribution in [1.29, 1.82) is 0 Å². The summed E-state index contributed by atoms with van der Waals surface area (Å²) in [4.78, 5) is 12.0. The quantitative estimate of drug-likeness (QED) is 0.840. The van der Waals surface area contributed by atoms with E-state index in [4.69, 9.17) is 0 Å². The standard InChI is InChI=1S/C14H19NO/c1-11-2-4-12(5-3-11)10-14(16)13-6-8-15-9-7-13/h2-5,13,15H,6-10H2,1H3. The highest BCUT2D eigenvalue weighted by Gasteiger charge is 2.20. The Bertz CT molecular complexity index is 350. The van der Waals surface area contributed by atoms with E-state index in [9.17, 15) is 4.79 Å². The molecule has 0 spiro atoms. The van der Waals surface area contributed by atoms with Crippen molar-refractivity contribution in [3.05, 3.63) is 35.4 Å². The van der Waals surface area contributed by atoms with E-state index in [0.717, 1.165) is 31.5 Å². The summed E-state index contributed by atoms with van der Waals surface area (Å²) in [6.45, 7) is 4.05. The summed E-state index contributed by atoms with van der Waals surface area (Å²) in [5.41, 5.74) is 2.40. The second-order valence-corrected chi connectivity index (χ2v) is 4.65. The maximum atomic E-state index is 12.0. The first-order chi connectivity index (χ1) is 7.75. The van der Waals surface area contributed by atoms with Gasteiger partial charge in [0.2, 0.25) is 0 Å². The Hall–Kier alpha value is -1.15. The highest BCUT2D eigenvalue weighted by Crippen LogP contribution is 2.16. The maximum Gasteiger partial charge on any atom is 0.140 e. The van der Waals surface area contributed by atoms with Gasteiger partial charge >= 0.3 is 0 Å². The third-order valence-electron chi connectivity index (χ3n) is 3.29. The van der Waals surface area contributed by atoms with Crippen LogP contribution in [0.2, 0.25) is 0 Å². The minimum absolute atomic E-state index is 0.280. The summed E-state index contributed by atoms with van der Waals surface area (Å²) in [7, 11) is 0. The van der Waals surface area contributed by atoms with Crippen LogP contribution in [0.1, 0.15) is 24.0 Å². The van der Waals surface area contributed by atoms with Gasteiger partial charge in [0.1, 0.15) is 5.78 Å². The molecule has 2 nitrogen and oxygen atoms in total. The van der Waals surface area contributed by atoms with Crippen LogP contribution in [-0.4, -0.2) is 18.9 Å². The van der Waals surface area contributed by atoms with E-state index in [1.54, 1.807) is 0 Å². The van der Waals surface area contributed by atoms with Crippen molar-refractivity contribution in [2.45, 2.75) is 26.2 Å². The van der Waals surface area contributed by atoms with Crippen LogP contribution < -0.4 is 5.32 Å². The van der Waals surface area contributed by atoms with Gasteiger partial charge in [-0.05, 0) is 38.4 Å². The van der Waals surface area contributed by atoms with E-state index in [2.05, 4.69) is 36.5 Å². The molecule has 0 aromatic heterocycles. The van der Waals surface area contributed by atoms with E-state index < -0.39 is 0 Å². The normalized spacial score (nSPS) is 17.3. The molecule has 0 aliphatic carbocycles. The zero-order chi connectivity index (χ0) is 11.4. The second kappa shape index (κ2) is 5.26. The summed E-state index contributed by atoms with van der Waals surface area (Å²) in [5.74, 6) is 0.688. The topological polar surface area (TPSA) is 29.1 Å². The van der Waals surface area contributed by atoms with Crippen LogP contribution in [-0.2, 0) is 11.2 Å². The van der Waals surface area contributed by atoms with Gasteiger partial charge in [-0.3, -0.25) is 4.79 Å². The molecular weight excluding hydrogens is 198 g/mol.